The second-order valence-electron chi connectivity index (χ2n) is 9.09. The van der Waals surface area contributed by atoms with E-state index >= 15 is 4.39 Å². The number of ether oxygens (including phenoxy) is 2. The number of morpholine rings is 1. The van der Waals surface area contributed by atoms with E-state index in [0.717, 1.165) is 54.4 Å². The Kier molecular flexibility index (Phi) is 5.27. The second-order valence-corrected chi connectivity index (χ2v) is 9.09. The van der Waals surface area contributed by atoms with Crippen LogP contribution in [-0.4, -0.2) is 58.3 Å². The molecule has 34 heavy (non-hydrogen) atoms. The molecule has 0 aliphatic carbocycles. The Labute approximate surface area is 196 Å². The van der Waals surface area contributed by atoms with Gasteiger partial charge in [-0.15, -0.1) is 0 Å². The number of hydrogen-bond acceptors (Lipinski definition) is 7. The van der Waals surface area contributed by atoms with Crippen molar-refractivity contribution in [3.63, 3.8) is 0 Å². The van der Waals surface area contributed by atoms with E-state index in [1.54, 1.807) is 0 Å². The molecular weight excluding hydrogens is 433 g/mol. The van der Waals surface area contributed by atoms with Crippen LogP contribution in [-0.2, 0) is 4.74 Å². The molecule has 2 fully saturated rings. The van der Waals surface area contributed by atoms with E-state index < -0.39 is 5.82 Å². The number of halogens is 1. The Balaban J connectivity index is 1.27. The summed E-state index contributed by atoms with van der Waals surface area (Å²) in [6.45, 7) is 5.18. The number of pyridine rings is 1. The number of nitrogens with two attached hydrogens (primary N) is 1. The number of aryl methyl sites for hydroxylation is 1. The fourth-order valence-corrected chi connectivity index (χ4v) is 5.22. The maximum atomic E-state index is 15.8. The number of nitrogen functional groups attached to an aromatic ring is 1. The summed E-state index contributed by atoms with van der Waals surface area (Å²) in [5.41, 5.74) is 8.25. The molecule has 2 N–H and O–H groups in total. The Morgan fingerprint density at radius 3 is 2.85 bits per heavy atom. The molecule has 2 aliphatic rings. The summed E-state index contributed by atoms with van der Waals surface area (Å²) in [4.78, 5) is 15.4. The first-order valence-electron chi connectivity index (χ1n) is 11.7. The highest BCUT2D eigenvalue weighted by atomic mass is 19.1. The first-order chi connectivity index (χ1) is 16.6. The van der Waals surface area contributed by atoms with E-state index in [9.17, 15) is 0 Å². The lowest BCUT2D eigenvalue weighted by atomic mass is 9.97. The van der Waals surface area contributed by atoms with Crippen molar-refractivity contribution in [2.24, 2.45) is 0 Å². The van der Waals surface area contributed by atoms with E-state index in [4.69, 9.17) is 15.2 Å². The molecule has 2 aromatic heterocycles. The summed E-state index contributed by atoms with van der Waals surface area (Å²) in [6.07, 6.45) is 3.86. The molecule has 4 heterocycles. The molecule has 2 aromatic carbocycles. The van der Waals surface area contributed by atoms with Crippen LogP contribution in [0.2, 0.25) is 0 Å². The molecule has 4 aromatic rings. The van der Waals surface area contributed by atoms with E-state index in [0.29, 0.717) is 24.1 Å². The molecule has 8 heteroatoms. The molecule has 0 saturated carbocycles. The highest BCUT2D eigenvalue weighted by Crippen LogP contribution is 2.34. The molecule has 6 rings (SSSR count). The Bertz CT molecular complexity index is 1390. The third kappa shape index (κ3) is 3.63. The van der Waals surface area contributed by atoms with Gasteiger partial charge in [0.05, 0.1) is 24.7 Å². The van der Waals surface area contributed by atoms with Crippen LogP contribution in [0.1, 0.15) is 18.4 Å². The number of rotatable bonds is 6. The van der Waals surface area contributed by atoms with Gasteiger partial charge >= 0.3 is 6.01 Å². The smallest absolute Gasteiger partial charge is 0.319 e. The van der Waals surface area contributed by atoms with Crippen LogP contribution in [0, 0.1) is 12.7 Å². The minimum Gasteiger partial charge on any atom is -0.463 e. The number of hydrogen-bond donors (Lipinski definition) is 1. The van der Waals surface area contributed by atoms with Gasteiger partial charge in [-0.1, -0.05) is 36.4 Å². The molecule has 7 nitrogen and oxygen atoms in total. The van der Waals surface area contributed by atoms with Crippen LogP contribution in [0.4, 0.5) is 10.2 Å². The molecule has 0 unspecified atom stereocenters. The highest BCUT2D eigenvalue weighted by molar-refractivity contribution is 6.00. The number of aromatic nitrogens is 3. The Morgan fingerprint density at radius 1 is 1.21 bits per heavy atom. The normalized spacial score (nSPS) is 19.9. The van der Waals surface area contributed by atoms with E-state index in [2.05, 4.69) is 19.9 Å². The number of anilines is 1. The van der Waals surface area contributed by atoms with Gasteiger partial charge in [0.1, 0.15) is 17.0 Å². The molecule has 0 amide bonds. The zero-order valence-electron chi connectivity index (χ0n) is 19.0. The zero-order valence-corrected chi connectivity index (χ0v) is 19.0. The number of likely N-dealkylation sites (tertiary alicyclic amines) is 1. The van der Waals surface area contributed by atoms with Crippen LogP contribution in [0.15, 0.2) is 42.6 Å². The quantitative estimate of drug-likeness (QED) is 0.434. The molecule has 0 radical (unpaired) electrons. The topological polar surface area (TPSA) is 86.4 Å². The molecule has 2 bridgehead atoms. The van der Waals surface area contributed by atoms with Crippen LogP contribution in [0.3, 0.4) is 0 Å². The predicted octanol–water partition coefficient (Wildman–Crippen LogP) is 4.12. The van der Waals surface area contributed by atoms with Crippen LogP contribution in [0.25, 0.3) is 32.9 Å². The van der Waals surface area contributed by atoms with Crippen LogP contribution >= 0.6 is 0 Å². The average molecular weight is 460 g/mol. The van der Waals surface area contributed by atoms with E-state index in [1.807, 2.05) is 43.3 Å². The van der Waals surface area contributed by atoms with Crippen molar-refractivity contribution in [1.82, 2.24) is 19.9 Å². The SMILES string of the molecule is Cc1cccc2cccc(-c3ncc4c(N)nc(OCCCN5C[C@@H]6C[C@H]5CO6)nc4c3F)c12. The van der Waals surface area contributed by atoms with Gasteiger partial charge in [-0.25, -0.2) is 4.39 Å². The standard InChI is InChI=1S/C26H26FN5O2/c1-15-5-2-6-16-7-3-8-19(21(15)16)23-22(27)24-20(12-29-23)25(28)31-26(30-24)33-10-4-9-32-13-18-11-17(32)14-34-18/h2-3,5-8,12,17-18H,4,9-11,13-14H2,1H3,(H2,28,30,31)/t17-,18-/m0/s1. The maximum absolute atomic E-state index is 15.8. The zero-order chi connectivity index (χ0) is 23.2. The Morgan fingerprint density at radius 2 is 2.06 bits per heavy atom. The molecule has 174 valence electrons. The average Bonchev–Trinajstić information content (AvgIpc) is 3.46. The van der Waals surface area contributed by atoms with Gasteiger partial charge in [0.25, 0.3) is 0 Å². The summed E-state index contributed by atoms with van der Waals surface area (Å²) in [5.74, 6) is -0.374. The lowest BCUT2D eigenvalue weighted by molar-refractivity contribution is 0.0287. The fourth-order valence-electron chi connectivity index (χ4n) is 5.22. The van der Waals surface area contributed by atoms with Gasteiger partial charge in [0.2, 0.25) is 0 Å². The van der Waals surface area contributed by atoms with Gasteiger partial charge in [0.15, 0.2) is 5.82 Å². The van der Waals surface area contributed by atoms with Crippen molar-refractivity contribution in [2.75, 3.05) is 32.0 Å². The minimum absolute atomic E-state index is 0.0847. The van der Waals surface area contributed by atoms with Gasteiger partial charge in [-0.2, -0.15) is 9.97 Å². The van der Waals surface area contributed by atoms with Gasteiger partial charge in [-0.3, -0.25) is 9.88 Å². The summed E-state index contributed by atoms with van der Waals surface area (Å²) in [6, 6.07) is 12.4. The minimum atomic E-state index is -0.528. The van der Waals surface area contributed by atoms with Crippen LogP contribution < -0.4 is 10.5 Å². The Hall–Kier alpha value is -3.36. The summed E-state index contributed by atoms with van der Waals surface area (Å²) in [5, 5.41) is 2.37. The molecular formula is C26H26FN5O2. The predicted molar refractivity (Wildman–Crippen MR) is 129 cm³/mol. The maximum Gasteiger partial charge on any atom is 0.319 e. The van der Waals surface area contributed by atoms with Gasteiger partial charge < -0.3 is 15.2 Å². The van der Waals surface area contributed by atoms with Crippen LogP contribution in [0.5, 0.6) is 6.01 Å². The van der Waals surface area contributed by atoms with Crippen molar-refractivity contribution in [2.45, 2.75) is 31.9 Å². The molecule has 0 spiro atoms. The first kappa shape index (κ1) is 21.2. The fraction of sp³-hybridized carbons (Fsp3) is 0.346. The molecule has 2 saturated heterocycles. The van der Waals surface area contributed by atoms with E-state index in [-0.39, 0.29) is 23.0 Å². The van der Waals surface area contributed by atoms with Crippen molar-refractivity contribution in [3.8, 4) is 17.3 Å². The van der Waals surface area contributed by atoms with E-state index in [1.165, 1.54) is 6.20 Å². The van der Waals surface area contributed by atoms with Crippen molar-refractivity contribution >= 4 is 27.5 Å². The number of fused-ring (bicyclic) bond motifs is 4. The first-order valence-corrected chi connectivity index (χ1v) is 11.7. The number of benzene rings is 2. The number of nitrogens with zero attached hydrogens (tertiary/aromatic N) is 4. The van der Waals surface area contributed by atoms with Gasteiger partial charge in [0, 0.05) is 30.9 Å². The molecule has 2 aliphatic heterocycles. The van der Waals surface area contributed by atoms with Crippen molar-refractivity contribution < 1.29 is 13.9 Å². The highest BCUT2D eigenvalue weighted by Gasteiger charge is 2.38. The summed E-state index contributed by atoms with van der Waals surface area (Å²) in [7, 11) is 0. The summed E-state index contributed by atoms with van der Waals surface area (Å²) >= 11 is 0. The summed E-state index contributed by atoms with van der Waals surface area (Å²) < 4.78 is 27.2. The third-order valence-corrected chi connectivity index (χ3v) is 6.90. The second kappa shape index (κ2) is 8.45. The lowest BCUT2D eigenvalue weighted by Crippen LogP contribution is -2.37. The largest absolute Gasteiger partial charge is 0.463 e. The third-order valence-electron chi connectivity index (χ3n) is 6.90. The van der Waals surface area contributed by atoms with Crippen molar-refractivity contribution in [3.05, 3.63) is 54.0 Å². The monoisotopic (exact) mass is 459 g/mol. The lowest BCUT2D eigenvalue weighted by Gasteiger charge is -2.26. The van der Waals surface area contributed by atoms with Crippen molar-refractivity contribution in [1.29, 1.82) is 0 Å². The molecule has 2 atom stereocenters. The van der Waals surface area contributed by atoms with Gasteiger partial charge in [-0.05, 0) is 36.1 Å².